The van der Waals surface area contributed by atoms with Crippen molar-refractivity contribution in [2.24, 2.45) is 0 Å². The number of hydrogen-bond donors (Lipinski definition) is 4. The molecule has 2 heterocycles. The molecule has 0 aliphatic carbocycles. The summed E-state index contributed by atoms with van der Waals surface area (Å²) in [6.45, 7) is -0.424. The Kier molecular flexibility index (Phi) is 3.45. The fraction of sp³-hybridized carbons (Fsp3) is 0.556. The number of hydrogen-bond acceptors (Lipinski definition) is 5. The van der Waals surface area contributed by atoms with Gasteiger partial charge in [-0.25, -0.2) is 0 Å². The van der Waals surface area contributed by atoms with E-state index in [2.05, 4.69) is 5.10 Å². The number of aromatic nitrogens is 2. The van der Waals surface area contributed by atoms with Crippen LogP contribution >= 0.6 is 11.6 Å². The quantitative estimate of drug-likeness (QED) is 0.459. The van der Waals surface area contributed by atoms with Crippen molar-refractivity contribution in [3.63, 3.8) is 0 Å². The summed E-state index contributed by atoms with van der Waals surface area (Å²) in [7, 11) is 0. The first-order valence-electron chi connectivity index (χ1n) is 4.97. The van der Waals surface area contributed by atoms with Crippen molar-refractivity contribution >= 4 is 11.6 Å². The largest absolute Gasteiger partial charge is 0.394 e. The van der Waals surface area contributed by atoms with Crippen molar-refractivity contribution in [2.75, 3.05) is 6.61 Å². The van der Waals surface area contributed by atoms with E-state index in [9.17, 15) is 15.0 Å². The van der Waals surface area contributed by atoms with E-state index in [0.29, 0.717) is 0 Å². The Morgan fingerprint density at radius 2 is 2.18 bits per heavy atom. The molecule has 1 aliphatic rings. The van der Waals surface area contributed by atoms with E-state index in [1.54, 1.807) is 0 Å². The number of nitrogens with zero attached hydrogens (tertiary/aromatic N) is 1. The predicted octanol–water partition coefficient (Wildman–Crippen LogP) is -2.07. The van der Waals surface area contributed by atoms with Crippen molar-refractivity contribution in [3.05, 3.63) is 27.6 Å². The second kappa shape index (κ2) is 4.71. The second-order valence-electron chi connectivity index (χ2n) is 3.74. The minimum absolute atomic E-state index is 0.00740. The van der Waals surface area contributed by atoms with Gasteiger partial charge in [-0.15, -0.1) is 5.10 Å². The first-order valence-corrected chi connectivity index (χ1v) is 5.35. The van der Waals surface area contributed by atoms with E-state index in [-0.39, 0.29) is 5.02 Å². The summed E-state index contributed by atoms with van der Waals surface area (Å²) in [4.78, 5) is 11.3. The zero-order chi connectivity index (χ0) is 12.6. The van der Waals surface area contributed by atoms with E-state index >= 15 is 0 Å². The van der Waals surface area contributed by atoms with Crippen LogP contribution in [0.5, 0.6) is 0 Å². The zero-order valence-electron chi connectivity index (χ0n) is 8.65. The molecule has 0 radical (unpaired) electrons. The normalized spacial score (nSPS) is 32.9. The van der Waals surface area contributed by atoms with E-state index in [1.165, 1.54) is 16.9 Å². The summed E-state index contributed by atoms with van der Waals surface area (Å²) in [6.07, 6.45) is -2.90. The van der Waals surface area contributed by atoms with E-state index in [4.69, 9.17) is 21.4 Å². The SMILES string of the molecule is O=c1[nH][n+]([C@@H]2O[C@H](CO)[C@@H](O)[C@H]2O)ccc1Cl. The van der Waals surface area contributed by atoms with Gasteiger partial charge in [-0.3, -0.25) is 4.79 Å². The minimum atomic E-state index is -1.24. The third-order valence-corrected chi connectivity index (χ3v) is 2.92. The predicted molar refractivity (Wildman–Crippen MR) is 55.3 cm³/mol. The summed E-state index contributed by atoms with van der Waals surface area (Å²) >= 11 is 5.56. The van der Waals surface area contributed by atoms with Gasteiger partial charge in [0.15, 0.2) is 12.3 Å². The van der Waals surface area contributed by atoms with Crippen LogP contribution in [0.1, 0.15) is 6.23 Å². The van der Waals surface area contributed by atoms with E-state index in [1.807, 2.05) is 0 Å². The molecule has 1 fully saturated rings. The Morgan fingerprint density at radius 1 is 1.47 bits per heavy atom. The van der Waals surface area contributed by atoms with E-state index < -0.39 is 36.7 Å². The lowest BCUT2D eigenvalue weighted by atomic mass is 10.1. The summed E-state index contributed by atoms with van der Waals surface area (Å²) in [5.74, 6) is 0. The highest BCUT2D eigenvalue weighted by molar-refractivity contribution is 6.30. The van der Waals surface area contributed by atoms with Gasteiger partial charge in [0.25, 0.3) is 0 Å². The Hall–Kier alpha value is -0.990. The average Bonchev–Trinajstić information content (AvgIpc) is 2.60. The highest BCUT2D eigenvalue weighted by atomic mass is 35.5. The Labute approximate surface area is 101 Å². The summed E-state index contributed by atoms with van der Waals surface area (Å²) in [5, 5.41) is 30.5. The Bertz CT molecular complexity index is 465. The van der Waals surface area contributed by atoms with Gasteiger partial charge in [0.1, 0.15) is 17.2 Å². The van der Waals surface area contributed by atoms with Crippen molar-refractivity contribution in [1.82, 2.24) is 5.10 Å². The molecule has 0 spiro atoms. The number of aliphatic hydroxyl groups excluding tert-OH is 3. The van der Waals surface area contributed by atoms with Gasteiger partial charge in [-0.1, -0.05) is 16.3 Å². The molecular weight excluding hydrogens is 252 g/mol. The van der Waals surface area contributed by atoms with Crippen LogP contribution < -0.4 is 10.2 Å². The smallest absolute Gasteiger partial charge is 0.316 e. The van der Waals surface area contributed by atoms with Gasteiger partial charge in [0.05, 0.1) is 6.61 Å². The number of ether oxygens (including phenoxy) is 1. The van der Waals surface area contributed by atoms with Crippen LogP contribution in [0.2, 0.25) is 5.02 Å². The molecule has 2 rings (SSSR count). The van der Waals surface area contributed by atoms with Crippen molar-refractivity contribution in [2.45, 2.75) is 24.5 Å². The third-order valence-electron chi connectivity index (χ3n) is 2.62. The maximum absolute atomic E-state index is 11.3. The molecule has 4 N–H and O–H groups in total. The number of nitrogens with one attached hydrogen (secondary N) is 1. The maximum Gasteiger partial charge on any atom is 0.316 e. The molecule has 17 heavy (non-hydrogen) atoms. The number of H-pyrrole nitrogens is 1. The van der Waals surface area contributed by atoms with E-state index in [0.717, 1.165) is 0 Å². The monoisotopic (exact) mass is 263 g/mol. The van der Waals surface area contributed by atoms with Crippen LogP contribution in [0.4, 0.5) is 0 Å². The van der Waals surface area contributed by atoms with Gasteiger partial charge in [-0.2, -0.15) is 0 Å². The topological polar surface area (TPSA) is 107 Å². The van der Waals surface area contributed by atoms with Gasteiger partial charge < -0.3 is 20.1 Å². The molecule has 0 amide bonds. The minimum Gasteiger partial charge on any atom is -0.394 e. The molecule has 0 bridgehead atoms. The summed E-state index contributed by atoms with van der Waals surface area (Å²) < 4.78 is 6.41. The van der Waals surface area contributed by atoms with Gasteiger partial charge in [-0.05, 0) is 0 Å². The van der Waals surface area contributed by atoms with Crippen LogP contribution in [0.15, 0.2) is 17.1 Å². The van der Waals surface area contributed by atoms with Crippen LogP contribution in [0, 0.1) is 0 Å². The third kappa shape index (κ3) is 2.20. The average molecular weight is 264 g/mol. The Morgan fingerprint density at radius 3 is 2.71 bits per heavy atom. The number of aliphatic hydroxyl groups is 3. The maximum atomic E-state index is 11.3. The van der Waals surface area contributed by atoms with Crippen LogP contribution in [0.25, 0.3) is 0 Å². The van der Waals surface area contributed by atoms with Gasteiger partial charge >= 0.3 is 11.8 Å². The fourth-order valence-corrected chi connectivity index (χ4v) is 1.79. The fourth-order valence-electron chi connectivity index (χ4n) is 1.69. The molecule has 1 aromatic rings. The molecular formula is C9H12ClN2O5+. The number of rotatable bonds is 2. The van der Waals surface area contributed by atoms with Crippen molar-refractivity contribution in [3.8, 4) is 0 Å². The molecule has 1 saturated heterocycles. The van der Waals surface area contributed by atoms with Crippen LogP contribution in [0.3, 0.4) is 0 Å². The number of halogens is 1. The van der Waals surface area contributed by atoms with Gasteiger partial charge in [0.2, 0.25) is 0 Å². The molecule has 1 aliphatic heterocycles. The first-order chi connectivity index (χ1) is 8.04. The van der Waals surface area contributed by atoms with Gasteiger partial charge in [0, 0.05) is 6.07 Å². The first kappa shape index (κ1) is 12.5. The lowest BCUT2D eigenvalue weighted by Gasteiger charge is -2.08. The molecule has 4 atom stereocenters. The van der Waals surface area contributed by atoms with Crippen molar-refractivity contribution < 1.29 is 24.7 Å². The second-order valence-corrected chi connectivity index (χ2v) is 4.15. The van der Waals surface area contributed by atoms with Crippen LogP contribution in [-0.4, -0.2) is 45.3 Å². The summed E-state index contributed by atoms with van der Waals surface area (Å²) in [6, 6.07) is 1.34. The number of aromatic amines is 1. The molecule has 1 aromatic heterocycles. The molecule has 7 nitrogen and oxygen atoms in total. The zero-order valence-corrected chi connectivity index (χ0v) is 9.41. The highest BCUT2D eigenvalue weighted by Gasteiger charge is 2.48. The highest BCUT2D eigenvalue weighted by Crippen LogP contribution is 2.24. The molecule has 0 aromatic carbocycles. The van der Waals surface area contributed by atoms with Crippen LogP contribution in [-0.2, 0) is 4.74 Å². The lowest BCUT2D eigenvalue weighted by molar-refractivity contribution is -0.815. The molecule has 8 heteroatoms. The Balaban J connectivity index is 2.29. The molecule has 0 saturated carbocycles. The summed E-state index contributed by atoms with van der Waals surface area (Å²) in [5.41, 5.74) is -0.535. The lowest BCUT2D eigenvalue weighted by Crippen LogP contribution is -2.51. The molecule has 0 unspecified atom stereocenters. The van der Waals surface area contributed by atoms with Crippen molar-refractivity contribution in [1.29, 1.82) is 0 Å². The molecule has 94 valence electrons. The standard InChI is InChI=1S/C9H11ClN2O5/c10-4-1-2-12(11-8(4)16)9-7(15)6(14)5(3-13)17-9/h1-2,5-7,9,13-15H,3H2/p+1/t5-,6-,7-,9-/m1/s1.